The van der Waals surface area contributed by atoms with E-state index in [1.165, 1.54) is 12.1 Å². The van der Waals surface area contributed by atoms with Crippen molar-refractivity contribution in [1.82, 2.24) is 14.2 Å². The molecule has 0 bridgehead atoms. The molecule has 0 unspecified atom stereocenters. The molecular weight excluding hydrogens is 633 g/mol. The third-order valence-corrected chi connectivity index (χ3v) is 10.6. The number of anilines is 1. The van der Waals surface area contributed by atoms with Gasteiger partial charge in [-0.15, -0.1) is 0 Å². The second-order valence-corrected chi connectivity index (χ2v) is 14.0. The molecule has 0 atom stereocenters. The first-order chi connectivity index (χ1) is 21.8. The molecule has 46 heavy (non-hydrogen) atoms. The van der Waals surface area contributed by atoms with Crippen molar-refractivity contribution in [1.29, 1.82) is 0 Å². The third kappa shape index (κ3) is 6.30. The zero-order valence-corrected chi connectivity index (χ0v) is 27.7. The normalized spacial score (nSPS) is 14.1. The maximum atomic E-state index is 13.2. The maximum Gasteiger partial charge on any atom is 0.295 e. The summed E-state index contributed by atoms with van der Waals surface area (Å²) in [6.45, 7) is 10.6. The highest BCUT2D eigenvalue weighted by atomic mass is 32.2. The average molecular weight is 670 g/mol. The standard InChI is InChI=1S/C32H36N4O8S2/c1-5-34(6-2)21-9-12-24-27(17-21)44-28-18-22(35(7-3)8-4)10-13-25(28)32(24)26-14-11-23(19-29(26)46(41,42)43)45(39,40)33-20-36-30(37)15-16-31(36)38/h9-14,17-19,33H,5-8,15-16,20H2,1-4H3/p+1. The minimum absolute atomic E-state index is 0.0136. The number of fused-ring (bicyclic) bond motifs is 2. The lowest BCUT2D eigenvalue weighted by atomic mass is 9.93. The van der Waals surface area contributed by atoms with Gasteiger partial charge in [0, 0.05) is 65.8 Å². The quantitative estimate of drug-likeness (QED) is 0.106. The molecule has 1 aliphatic carbocycles. The van der Waals surface area contributed by atoms with Crippen molar-refractivity contribution in [2.24, 2.45) is 0 Å². The van der Waals surface area contributed by atoms with Gasteiger partial charge in [0.25, 0.3) is 10.1 Å². The lowest BCUT2D eigenvalue weighted by Crippen LogP contribution is -2.40. The summed E-state index contributed by atoms with van der Waals surface area (Å²) in [5.41, 5.74) is 2.45. The Kier molecular flexibility index (Phi) is 9.36. The number of rotatable bonds is 11. The molecule has 0 aromatic heterocycles. The molecule has 244 valence electrons. The molecule has 2 aromatic carbocycles. The van der Waals surface area contributed by atoms with E-state index in [0.717, 1.165) is 48.2 Å². The summed E-state index contributed by atoms with van der Waals surface area (Å²) in [6.07, 6.45) is -0.0273. The second kappa shape index (κ2) is 12.9. The van der Waals surface area contributed by atoms with Crippen LogP contribution in [-0.2, 0) is 29.7 Å². The predicted molar refractivity (Wildman–Crippen MR) is 174 cm³/mol. The SMILES string of the molecule is CCN(CC)c1ccc2c(-c3ccc(S(=O)(=O)NCN4C(=O)CCC4=O)cc3S(=O)(=O)O)c3ccc(=[N+](CC)CC)cc-3oc2c1. The topological polar surface area (TPSA) is 157 Å². The molecule has 2 N–H and O–H groups in total. The Balaban J connectivity index is 1.75. The van der Waals surface area contributed by atoms with Crippen LogP contribution < -0.4 is 19.6 Å². The number of carbonyl (C=O) groups is 2. The van der Waals surface area contributed by atoms with Crippen LogP contribution in [0.2, 0.25) is 0 Å². The lowest BCUT2D eigenvalue weighted by Gasteiger charge is -2.22. The van der Waals surface area contributed by atoms with Crippen molar-refractivity contribution in [3.63, 3.8) is 0 Å². The van der Waals surface area contributed by atoms with Crippen molar-refractivity contribution in [2.45, 2.75) is 50.3 Å². The number of sulfonamides is 1. The Morgan fingerprint density at radius 2 is 1.52 bits per heavy atom. The molecule has 2 amide bonds. The fraction of sp³-hybridized carbons (Fsp3) is 0.344. The molecule has 1 fully saturated rings. The number of hydrogen-bond acceptors (Lipinski definition) is 8. The number of amides is 2. The number of benzene rings is 3. The van der Waals surface area contributed by atoms with Crippen LogP contribution in [0.3, 0.4) is 0 Å². The van der Waals surface area contributed by atoms with Gasteiger partial charge in [-0.05, 0) is 58.0 Å². The highest BCUT2D eigenvalue weighted by Crippen LogP contribution is 2.43. The first-order valence-electron chi connectivity index (χ1n) is 15.1. The second-order valence-electron chi connectivity index (χ2n) is 10.8. The van der Waals surface area contributed by atoms with Crippen molar-refractivity contribution >= 4 is 48.6 Å². The van der Waals surface area contributed by atoms with Gasteiger partial charge in [-0.3, -0.25) is 19.0 Å². The zero-order valence-electron chi connectivity index (χ0n) is 26.1. The molecule has 12 nitrogen and oxygen atoms in total. The smallest absolute Gasteiger partial charge is 0.295 e. The number of nitrogens with one attached hydrogen (secondary N) is 1. The Labute approximate surface area is 268 Å². The molecule has 2 aliphatic heterocycles. The summed E-state index contributed by atoms with van der Waals surface area (Å²) in [6, 6.07) is 14.6. The van der Waals surface area contributed by atoms with E-state index >= 15 is 0 Å². The molecule has 0 spiro atoms. The van der Waals surface area contributed by atoms with Gasteiger partial charge in [-0.2, -0.15) is 13.1 Å². The summed E-state index contributed by atoms with van der Waals surface area (Å²) in [5.74, 6) is -0.547. The van der Waals surface area contributed by atoms with Crippen LogP contribution in [0, 0.1) is 0 Å². The molecule has 2 heterocycles. The molecule has 1 saturated heterocycles. The fourth-order valence-electron chi connectivity index (χ4n) is 5.85. The van der Waals surface area contributed by atoms with E-state index in [-0.39, 0.29) is 18.4 Å². The summed E-state index contributed by atoms with van der Waals surface area (Å²) < 4.78 is 73.4. The van der Waals surface area contributed by atoms with Gasteiger partial charge in [0.05, 0.1) is 17.6 Å². The Morgan fingerprint density at radius 3 is 2.13 bits per heavy atom. The van der Waals surface area contributed by atoms with E-state index in [9.17, 15) is 31.0 Å². The van der Waals surface area contributed by atoms with E-state index in [0.29, 0.717) is 27.9 Å². The van der Waals surface area contributed by atoms with Crippen LogP contribution in [0.15, 0.2) is 68.8 Å². The fourth-order valence-corrected chi connectivity index (χ4v) is 7.63. The van der Waals surface area contributed by atoms with Crippen molar-refractivity contribution in [3.05, 3.63) is 60.0 Å². The number of hydrogen-bond donors (Lipinski definition) is 2. The van der Waals surface area contributed by atoms with Crippen LogP contribution in [0.5, 0.6) is 0 Å². The molecule has 3 aliphatic rings. The van der Waals surface area contributed by atoms with E-state index in [1.54, 1.807) is 0 Å². The highest BCUT2D eigenvalue weighted by molar-refractivity contribution is 7.89. The number of likely N-dealkylation sites (tertiary alicyclic amines) is 1. The highest BCUT2D eigenvalue weighted by Gasteiger charge is 2.31. The third-order valence-electron chi connectivity index (χ3n) is 8.32. The van der Waals surface area contributed by atoms with Crippen molar-refractivity contribution < 1.29 is 35.4 Å². The van der Waals surface area contributed by atoms with Gasteiger partial charge in [-0.25, -0.2) is 13.0 Å². The first-order valence-corrected chi connectivity index (χ1v) is 18.0. The number of carbonyl (C=O) groups excluding carboxylic acids is 2. The monoisotopic (exact) mass is 669 g/mol. The number of imide groups is 1. The minimum atomic E-state index is -4.97. The molecule has 2 aromatic rings. The average Bonchev–Trinajstić information content (AvgIpc) is 3.35. The van der Waals surface area contributed by atoms with Gasteiger partial charge in [0.2, 0.25) is 27.2 Å². The molecule has 5 rings (SSSR count). The summed E-state index contributed by atoms with van der Waals surface area (Å²) in [4.78, 5) is 25.8. The largest absolute Gasteiger partial charge is 0.456 e. The predicted octanol–water partition coefficient (Wildman–Crippen LogP) is 3.49. The molecule has 0 radical (unpaired) electrons. The zero-order chi connectivity index (χ0) is 33.4. The van der Waals surface area contributed by atoms with Crippen LogP contribution >= 0.6 is 0 Å². The van der Waals surface area contributed by atoms with Gasteiger partial charge in [0.15, 0.2) is 0 Å². The van der Waals surface area contributed by atoms with Crippen LogP contribution in [0.25, 0.3) is 33.4 Å². The number of nitrogens with zero attached hydrogens (tertiary/aromatic N) is 3. The lowest BCUT2D eigenvalue weighted by molar-refractivity contribution is -0.138. The van der Waals surface area contributed by atoms with Crippen molar-refractivity contribution in [3.8, 4) is 22.5 Å². The van der Waals surface area contributed by atoms with E-state index in [2.05, 4.69) is 14.2 Å². The first kappa shape index (κ1) is 33.3. The minimum Gasteiger partial charge on any atom is -0.456 e. The van der Waals surface area contributed by atoms with Gasteiger partial charge < -0.3 is 9.32 Å². The van der Waals surface area contributed by atoms with E-state index < -0.39 is 48.4 Å². The van der Waals surface area contributed by atoms with E-state index in [1.807, 2.05) is 64.1 Å². The van der Waals surface area contributed by atoms with Crippen molar-refractivity contribution in [2.75, 3.05) is 37.7 Å². The van der Waals surface area contributed by atoms with Crippen LogP contribution in [-0.4, -0.2) is 71.0 Å². The summed E-state index contributed by atoms with van der Waals surface area (Å²) in [7, 11) is -9.37. The van der Waals surface area contributed by atoms with Gasteiger partial charge in [0.1, 0.15) is 29.3 Å². The summed E-state index contributed by atoms with van der Waals surface area (Å²) >= 11 is 0. The molecular formula is C32H37N4O8S2+. The maximum absolute atomic E-state index is 13.2. The van der Waals surface area contributed by atoms with E-state index in [4.69, 9.17) is 4.42 Å². The van der Waals surface area contributed by atoms with Crippen LogP contribution in [0.4, 0.5) is 5.69 Å². The van der Waals surface area contributed by atoms with Gasteiger partial charge >= 0.3 is 0 Å². The van der Waals surface area contributed by atoms with Gasteiger partial charge in [-0.1, -0.05) is 6.07 Å². The molecule has 0 saturated carbocycles. The summed E-state index contributed by atoms with van der Waals surface area (Å²) in [5, 5.41) is 1.47. The Hall–Kier alpha value is -4.11. The Bertz CT molecular complexity index is 2080. The Morgan fingerprint density at radius 1 is 0.870 bits per heavy atom. The van der Waals surface area contributed by atoms with Crippen LogP contribution in [0.1, 0.15) is 40.5 Å². The molecule has 14 heteroatoms.